The van der Waals surface area contributed by atoms with Crippen molar-refractivity contribution in [2.75, 3.05) is 20.1 Å². The van der Waals surface area contributed by atoms with Gasteiger partial charge in [0.1, 0.15) is 11.9 Å². The van der Waals surface area contributed by atoms with E-state index in [0.29, 0.717) is 0 Å². The third-order valence-corrected chi connectivity index (χ3v) is 3.08. The van der Waals surface area contributed by atoms with Gasteiger partial charge in [0, 0.05) is 19.6 Å². The highest BCUT2D eigenvalue weighted by atomic mass is 16.6. The van der Waals surface area contributed by atoms with E-state index >= 15 is 0 Å². The molecule has 2 N–H and O–H groups in total. The lowest BCUT2D eigenvalue weighted by Gasteiger charge is -2.19. The van der Waals surface area contributed by atoms with E-state index in [1.165, 1.54) is 10.9 Å². The van der Waals surface area contributed by atoms with Crippen LogP contribution in [-0.2, 0) is 11.3 Å². The molecule has 1 aromatic heterocycles. The van der Waals surface area contributed by atoms with Gasteiger partial charge in [0.05, 0.1) is 11.0 Å². The van der Waals surface area contributed by atoms with Gasteiger partial charge in [0.2, 0.25) is 0 Å². The van der Waals surface area contributed by atoms with Crippen LogP contribution in [0, 0.1) is 0 Å². The van der Waals surface area contributed by atoms with Crippen molar-refractivity contribution in [3.63, 3.8) is 0 Å². The van der Waals surface area contributed by atoms with Crippen LogP contribution in [-0.4, -0.2) is 41.4 Å². The van der Waals surface area contributed by atoms with Crippen LogP contribution in [0.5, 0.6) is 0 Å². The molecule has 6 heteroatoms. The van der Waals surface area contributed by atoms with Crippen LogP contribution in [0.4, 0.5) is 4.79 Å². The van der Waals surface area contributed by atoms with Gasteiger partial charge < -0.3 is 15.4 Å². The molecule has 0 saturated heterocycles. The number of fused-ring (bicyclic) bond motifs is 1. The summed E-state index contributed by atoms with van der Waals surface area (Å²) in [6.45, 7) is 8.14. The first-order chi connectivity index (χ1) is 10.4. The molecular weight excluding hydrogens is 280 g/mol. The second-order valence-electron chi connectivity index (χ2n) is 6.20. The van der Waals surface area contributed by atoms with Crippen LogP contribution < -0.4 is 10.6 Å². The van der Waals surface area contributed by atoms with E-state index in [2.05, 4.69) is 15.6 Å². The van der Waals surface area contributed by atoms with Gasteiger partial charge in [-0.3, -0.25) is 0 Å². The van der Waals surface area contributed by atoms with E-state index < -0.39 is 11.7 Å². The van der Waals surface area contributed by atoms with Crippen molar-refractivity contribution in [1.82, 2.24) is 20.2 Å². The second kappa shape index (κ2) is 6.89. The minimum Gasteiger partial charge on any atom is -0.443 e. The summed E-state index contributed by atoms with van der Waals surface area (Å²) in [5.41, 5.74) is 2.16. The number of hydrogen-bond acceptors (Lipinski definition) is 5. The van der Waals surface area contributed by atoms with Gasteiger partial charge in [-0.05, 0) is 45.5 Å². The Bertz CT molecular complexity index is 643. The highest BCUT2D eigenvalue weighted by molar-refractivity contribution is 5.86. The number of carbonyl (C=O) groups is 1. The molecule has 120 valence electrons. The van der Waals surface area contributed by atoms with Gasteiger partial charge in [-0.2, -0.15) is 0 Å². The number of ether oxygens (including phenoxy) is 1. The molecule has 0 atom stereocenters. The molecule has 6 nitrogen and oxygen atoms in total. The molecule has 0 amide bonds. The molecule has 0 unspecified atom stereocenters. The van der Waals surface area contributed by atoms with Gasteiger partial charge in [0.25, 0.3) is 0 Å². The fourth-order valence-corrected chi connectivity index (χ4v) is 2.07. The Morgan fingerprint density at radius 2 is 2.09 bits per heavy atom. The third kappa shape index (κ3) is 4.29. The first-order valence-corrected chi connectivity index (χ1v) is 7.45. The van der Waals surface area contributed by atoms with E-state index in [0.717, 1.165) is 36.2 Å². The fraction of sp³-hybridized carbons (Fsp3) is 0.500. The van der Waals surface area contributed by atoms with Crippen LogP contribution >= 0.6 is 0 Å². The summed E-state index contributed by atoms with van der Waals surface area (Å²) in [5.74, 6) is 0. The second-order valence-corrected chi connectivity index (χ2v) is 6.20. The fourth-order valence-electron chi connectivity index (χ4n) is 2.07. The maximum Gasteiger partial charge on any atom is 0.420 e. The minimum atomic E-state index is -0.523. The van der Waals surface area contributed by atoms with Gasteiger partial charge in [-0.25, -0.2) is 14.3 Å². The molecule has 0 aliphatic rings. The minimum absolute atomic E-state index is 0.408. The van der Waals surface area contributed by atoms with Crippen LogP contribution in [0.1, 0.15) is 26.3 Å². The van der Waals surface area contributed by atoms with Gasteiger partial charge in [0.15, 0.2) is 0 Å². The average Bonchev–Trinajstić information content (AvgIpc) is 2.85. The molecule has 2 aromatic rings. The normalized spacial score (nSPS) is 11.8. The topological polar surface area (TPSA) is 68.2 Å². The summed E-state index contributed by atoms with van der Waals surface area (Å²) in [5, 5.41) is 6.43. The molecule has 0 fully saturated rings. The lowest BCUT2D eigenvalue weighted by molar-refractivity contribution is 0.0543. The number of benzene rings is 1. The van der Waals surface area contributed by atoms with Crippen molar-refractivity contribution in [1.29, 1.82) is 0 Å². The van der Waals surface area contributed by atoms with E-state index in [9.17, 15) is 4.79 Å². The lowest BCUT2D eigenvalue weighted by Crippen LogP contribution is -2.26. The van der Waals surface area contributed by atoms with Crippen molar-refractivity contribution >= 4 is 17.1 Å². The smallest absolute Gasteiger partial charge is 0.420 e. The third-order valence-electron chi connectivity index (χ3n) is 3.08. The Hall–Kier alpha value is -1.92. The SMILES string of the molecule is CNCCNCc1ccc2c(c1)ncn2C(=O)OC(C)(C)C. The van der Waals surface area contributed by atoms with Gasteiger partial charge in [-0.1, -0.05) is 6.07 Å². The van der Waals surface area contributed by atoms with E-state index in [1.54, 1.807) is 0 Å². The van der Waals surface area contributed by atoms with Crippen LogP contribution in [0.15, 0.2) is 24.5 Å². The zero-order chi connectivity index (χ0) is 16.2. The number of nitrogens with zero attached hydrogens (tertiary/aromatic N) is 2. The highest BCUT2D eigenvalue weighted by Crippen LogP contribution is 2.17. The first kappa shape index (κ1) is 16.5. The Labute approximate surface area is 130 Å². The molecule has 0 aliphatic carbocycles. The Kier molecular flexibility index (Phi) is 5.15. The van der Waals surface area contributed by atoms with Crippen LogP contribution in [0.25, 0.3) is 11.0 Å². The molecular formula is C16H24N4O2. The Morgan fingerprint density at radius 3 is 2.77 bits per heavy atom. The maximum atomic E-state index is 12.1. The molecule has 0 saturated carbocycles. The number of likely N-dealkylation sites (N-methyl/N-ethyl adjacent to an activating group) is 1. The predicted molar refractivity (Wildman–Crippen MR) is 87.0 cm³/mol. The largest absolute Gasteiger partial charge is 0.443 e. The first-order valence-electron chi connectivity index (χ1n) is 7.45. The average molecular weight is 304 g/mol. The zero-order valence-electron chi connectivity index (χ0n) is 13.6. The van der Waals surface area contributed by atoms with Crippen LogP contribution in [0.3, 0.4) is 0 Å². The summed E-state index contributed by atoms with van der Waals surface area (Å²) in [7, 11) is 1.93. The highest BCUT2D eigenvalue weighted by Gasteiger charge is 2.19. The summed E-state index contributed by atoms with van der Waals surface area (Å²) in [6, 6.07) is 5.89. The van der Waals surface area contributed by atoms with Gasteiger partial charge >= 0.3 is 6.09 Å². The van der Waals surface area contributed by atoms with Crippen molar-refractivity contribution in [3.05, 3.63) is 30.1 Å². The lowest BCUT2D eigenvalue weighted by atomic mass is 10.2. The monoisotopic (exact) mass is 304 g/mol. The number of carbonyl (C=O) groups excluding carboxylic acids is 1. The summed E-state index contributed by atoms with van der Waals surface area (Å²) in [6.07, 6.45) is 1.10. The molecule has 1 heterocycles. The number of imidazole rings is 1. The molecule has 1 aromatic carbocycles. The van der Waals surface area contributed by atoms with Crippen molar-refractivity contribution in [2.24, 2.45) is 0 Å². The van der Waals surface area contributed by atoms with Gasteiger partial charge in [-0.15, -0.1) is 0 Å². The summed E-state index contributed by atoms with van der Waals surface area (Å²) in [4.78, 5) is 16.4. The molecule has 2 rings (SSSR count). The zero-order valence-corrected chi connectivity index (χ0v) is 13.6. The predicted octanol–water partition coefficient (Wildman–Crippen LogP) is 2.13. The molecule has 0 spiro atoms. The number of aromatic nitrogens is 2. The molecule has 0 bridgehead atoms. The number of nitrogens with one attached hydrogen (secondary N) is 2. The standard InChI is InChI=1S/C16H24N4O2/c1-16(2,3)22-15(21)20-11-19-13-9-12(5-6-14(13)20)10-18-8-7-17-4/h5-6,9,11,17-18H,7-8,10H2,1-4H3. The van der Waals surface area contributed by atoms with Crippen molar-refractivity contribution < 1.29 is 9.53 Å². The van der Waals surface area contributed by atoms with Crippen molar-refractivity contribution in [3.8, 4) is 0 Å². The Balaban J connectivity index is 2.11. The summed E-state index contributed by atoms with van der Waals surface area (Å²) < 4.78 is 6.82. The maximum absolute atomic E-state index is 12.1. The van der Waals surface area contributed by atoms with E-state index in [-0.39, 0.29) is 0 Å². The quantitative estimate of drug-likeness (QED) is 0.828. The molecule has 0 aliphatic heterocycles. The van der Waals surface area contributed by atoms with E-state index in [1.807, 2.05) is 46.0 Å². The molecule has 0 radical (unpaired) electrons. The van der Waals surface area contributed by atoms with Crippen LogP contribution in [0.2, 0.25) is 0 Å². The summed E-state index contributed by atoms with van der Waals surface area (Å²) >= 11 is 0. The van der Waals surface area contributed by atoms with E-state index in [4.69, 9.17) is 4.74 Å². The Morgan fingerprint density at radius 1 is 1.32 bits per heavy atom. The van der Waals surface area contributed by atoms with Crippen molar-refractivity contribution in [2.45, 2.75) is 32.9 Å². The number of rotatable bonds is 5. The number of hydrogen-bond donors (Lipinski definition) is 2. The molecule has 22 heavy (non-hydrogen) atoms.